The average molecular weight is 383 g/mol. The molecule has 0 aliphatic heterocycles. The van der Waals surface area contributed by atoms with E-state index in [4.69, 9.17) is 9.47 Å². The van der Waals surface area contributed by atoms with Gasteiger partial charge in [-0.1, -0.05) is 25.5 Å². The number of unbranched alkanes of at least 4 members (excludes halogenated alkanes) is 1. The minimum absolute atomic E-state index is 0.554. The number of aryl methyl sites for hydroxylation is 1. The number of nitrogens with zero attached hydrogens (tertiary/aromatic N) is 1. The SMILES string of the molecule is CCCCc1ccc(NC(=O)C(=O)N/N=C/c2cc(OC)ccc2OC)cc1. The van der Waals surface area contributed by atoms with Crippen LogP contribution in [0.3, 0.4) is 0 Å². The summed E-state index contributed by atoms with van der Waals surface area (Å²) in [7, 11) is 3.07. The summed E-state index contributed by atoms with van der Waals surface area (Å²) >= 11 is 0. The van der Waals surface area contributed by atoms with E-state index in [0.717, 1.165) is 19.3 Å². The molecular weight excluding hydrogens is 358 g/mol. The molecule has 0 spiro atoms. The summed E-state index contributed by atoms with van der Waals surface area (Å²) in [4.78, 5) is 23.9. The summed E-state index contributed by atoms with van der Waals surface area (Å²) < 4.78 is 10.4. The van der Waals surface area contributed by atoms with E-state index in [1.807, 2.05) is 12.1 Å². The molecule has 148 valence electrons. The molecule has 28 heavy (non-hydrogen) atoms. The van der Waals surface area contributed by atoms with Gasteiger partial charge in [0.2, 0.25) is 0 Å². The fraction of sp³-hybridized carbons (Fsp3) is 0.286. The number of amides is 2. The zero-order valence-corrected chi connectivity index (χ0v) is 16.3. The first-order valence-electron chi connectivity index (χ1n) is 9.02. The maximum Gasteiger partial charge on any atom is 0.329 e. The molecule has 2 N–H and O–H groups in total. The summed E-state index contributed by atoms with van der Waals surface area (Å²) in [6.45, 7) is 2.14. The largest absolute Gasteiger partial charge is 0.497 e. The number of benzene rings is 2. The van der Waals surface area contributed by atoms with Gasteiger partial charge >= 0.3 is 11.8 Å². The van der Waals surface area contributed by atoms with Crippen LogP contribution in [-0.2, 0) is 16.0 Å². The molecule has 2 amide bonds. The number of ether oxygens (including phenoxy) is 2. The van der Waals surface area contributed by atoms with Crippen molar-refractivity contribution in [3.8, 4) is 11.5 Å². The van der Waals surface area contributed by atoms with Gasteiger partial charge in [-0.3, -0.25) is 9.59 Å². The number of anilines is 1. The van der Waals surface area contributed by atoms with E-state index in [9.17, 15) is 9.59 Å². The van der Waals surface area contributed by atoms with Crippen LogP contribution in [0.4, 0.5) is 5.69 Å². The van der Waals surface area contributed by atoms with E-state index in [0.29, 0.717) is 22.7 Å². The summed E-state index contributed by atoms with van der Waals surface area (Å²) in [5, 5.41) is 6.36. The summed E-state index contributed by atoms with van der Waals surface area (Å²) in [5.41, 5.74) is 4.55. The maximum absolute atomic E-state index is 12.0. The highest BCUT2D eigenvalue weighted by molar-refractivity contribution is 6.39. The molecule has 2 rings (SSSR count). The predicted octanol–water partition coefficient (Wildman–Crippen LogP) is 3.14. The molecule has 0 aliphatic carbocycles. The number of hydrazone groups is 1. The Bertz CT molecular complexity index is 832. The quantitative estimate of drug-likeness (QED) is 0.416. The van der Waals surface area contributed by atoms with Gasteiger partial charge in [0, 0.05) is 11.3 Å². The lowest BCUT2D eigenvalue weighted by Gasteiger charge is -2.07. The van der Waals surface area contributed by atoms with Crippen LogP contribution >= 0.6 is 0 Å². The van der Waals surface area contributed by atoms with E-state index in [1.54, 1.807) is 37.4 Å². The Balaban J connectivity index is 1.92. The molecule has 0 fully saturated rings. The van der Waals surface area contributed by atoms with Crippen LogP contribution in [0.15, 0.2) is 47.6 Å². The van der Waals surface area contributed by atoms with Crippen LogP contribution < -0.4 is 20.2 Å². The molecule has 0 heterocycles. The van der Waals surface area contributed by atoms with Crippen LogP contribution in [0, 0.1) is 0 Å². The molecule has 0 aromatic heterocycles. The minimum Gasteiger partial charge on any atom is -0.497 e. The number of rotatable bonds is 8. The van der Waals surface area contributed by atoms with Gasteiger partial charge < -0.3 is 14.8 Å². The molecule has 2 aromatic rings. The van der Waals surface area contributed by atoms with Crippen molar-refractivity contribution in [2.24, 2.45) is 5.10 Å². The number of nitrogens with one attached hydrogen (secondary N) is 2. The van der Waals surface area contributed by atoms with E-state index in [1.165, 1.54) is 18.9 Å². The van der Waals surface area contributed by atoms with E-state index < -0.39 is 11.8 Å². The normalized spacial score (nSPS) is 10.5. The van der Waals surface area contributed by atoms with Crippen molar-refractivity contribution in [1.82, 2.24) is 5.43 Å². The Morgan fingerprint density at radius 3 is 2.43 bits per heavy atom. The predicted molar refractivity (Wildman–Crippen MR) is 109 cm³/mol. The molecule has 7 heteroatoms. The lowest BCUT2D eigenvalue weighted by molar-refractivity contribution is -0.136. The number of methoxy groups -OCH3 is 2. The third-order valence-electron chi connectivity index (χ3n) is 4.04. The first-order valence-corrected chi connectivity index (χ1v) is 9.02. The second kappa shape index (κ2) is 10.7. The summed E-state index contributed by atoms with van der Waals surface area (Å²) in [6, 6.07) is 12.6. The highest BCUT2D eigenvalue weighted by Crippen LogP contribution is 2.22. The molecule has 0 radical (unpaired) electrons. The van der Waals surface area contributed by atoms with Crippen molar-refractivity contribution in [3.63, 3.8) is 0 Å². The Kier molecular flexibility index (Phi) is 8.02. The first kappa shape index (κ1) is 21.0. The molecule has 0 atom stereocenters. The third kappa shape index (κ3) is 6.12. The molecule has 2 aromatic carbocycles. The van der Waals surface area contributed by atoms with Gasteiger partial charge in [-0.05, 0) is 48.7 Å². The van der Waals surface area contributed by atoms with Crippen molar-refractivity contribution in [3.05, 3.63) is 53.6 Å². The van der Waals surface area contributed by atoms with Crippen LogP contribution in [0.5, 0.6) is 11.5 Å². The Hall–Kier alpha value is -3.35. The standard InChI is InChI=1S/C21H25N3O4/c1-4-5-6-15-7-9-17(10-8-15)23-20(25)21(26)24-22-14-16-13-18(27-2)11-12-19(16)28-3/h7-14H,4-6H2,1-3H3,(H,23,25)(H,24,26)/b22-14+. The van der Waals surface area contributed by atoms with Crippen molar-refractivity contribution < 1.29 is 19.1 Å². The number of hydrogen-bond donors (Lipinski definition) is 2. The van der Waals surface area contributed by atoms with Crippen molar-refractivity contribution in [1.29, 1.82) is 0 Å². The topological polar surface area (TPSA) is 89.0 Å². The van der Waals surface area contributed by atoms with Crippen molar-refractivity contribution in [2.45, 2.75) is 26.2 Å². The lowest BCUT2D eigenvalue weighted by atomic mass is 10.1. The third-order valence-corrected chi connectivity index (χ3v) is 4.04. The van der Waals surface area contributed by atoms with Crippen LogP contribution in [0.25, 0.3) is 0 Å². The monoisotopic (exact) mass is 383 g/mol. The molecule has 0 bridgehead atoms. The van der Waals surface area contributed by atoms with Gasteiger partial charge in [0.1, 0.15) is 11.5 Å². The second-order valence-corrected chi connectivity index (χ2v) is 6.06. The van der Waals surface area contributed by atoms with E-state index in [2.05, 4.69) is 22.8 Å². The van der Waals surface area contributed by atoms with Crippen molar-refractivity contribution in [2.75, 3.05) is 19.5 Å². The van der Waals surface area contributed by atoms with Gasteiger partial charge in [-0.2, -0.15) is 5.10 Å². The maximum atomic E-state index is 12.0. The lowest BCUT2D eigenvalue weighted by Crippen LogP contribution is -2.32. The van der Waals surface area contributed by atoms with Gasteiger partial charge in [0.15, 0.2) is 0 Å². The zero-order chi connectivity index (χ0) is 20.4. The molecular formula is C21H25N3O4. The molecule has 7 nitrogen and oxygen atoms in total. The summed E-state index contributed by atoms with van der Waals surface area (Å²) in [5.74, 6) is -0.482. The minimum atomic E-state index is -0.867. The van der Waals surface area contributed by atoms with Crippen LogP contribution in [0.2, 0.25) is 0 Å². The first-order chi connectivity index (χ1) is 13.6. The molecule has 0 unspecified atom stereocenters. The smallest absolute Gasteiger partial charge is 0.329 e. The van der Waals surface area contributed by atoms with Gasteiger partial charge in [0.25, 0.3) is 0 Å². The average Bonchev–Trinajstić information content (AvgIpc) is 2.72. The highest BCUT2D eigenvalue weighted by atomic mass is 16.5. The fourth-order valence-corrected chi connectivity index (χ4v) is 2.48. The van der Waals surface area contributed by atoms with Crippen LogP contribution in [-0.4, -0.2) is 32.2 Å². The van der Waals surface area contributed by atoms with Gasteiger partial charge in [0.05, 0.1) is 20.4 Å². The highest BCUT2D eigenvalue weighted by Gasteiger charge is 2.13. The Morgan fingerprint density at radius 2 is 1.79 bits per heavy atom. The fourth-order valence-electron chi connectivity index (χ4n) is 2.48. The molecule has 0 saturated carbocycles. The number of carbonyl (C=O) groups excluding carboxylic acids is 2. The Morgan fingerprint density at radius 1 is 1.04 bits per heavy atom. The molecule has 0 aliphatic rings. The van der Waals surface area contributed by atoms with Crippen LogP contribution in [0.1, 0.15) is 30.9 Å². The molecule has 0 saturated heterocycles. The van der Waals surface area contributed by atoms with Gasteiger partial charge in [-0.25, -0.2) is 5.43 Å². The van der Waals surface area contributed by atoms with E-state index in [-0.39, 0.29) is 0 Å². The summed E-state index contributed by atoms with van der Waals surface area (Å²) in [6.07, 6.45) is 4.62. The van der Waals surface area contributed by atoms with Gasteiger partial charge in [-0.15, -0.1) is 0 Å². The second-order valence-electron chi connectivity index (χ2n) is 6.06. The van der Waals surface area contributed by atoms with E-state index >= 15 is 0 Å². The zero-order valence-electron chi connectivity index (χ0n) is 16.3. The number of hydrogen-bond acceptors (Lipinski definition) is 5. The number of carbonyl (C=O) groups is 2. The Labute approximate surface area is 164 Å². The van der Waals surface area contributed by atoms with Crippen molar-refractivity contribution >= 4 is 23.7 Å².